The molecule has 35 heavy (non-hydrogen) atoms. The third-order valence-electron chi connectivity index (χ3n) is 4.51. The second kappa shape index (κ2) is 24.4. The Kier molecular flexibility index (Phi) is 22.2. The zero-order valence-electron chi connectivity index (χ0n) is 21.0. The quantitative estimate of drug-likeness (QED) is 0.181. The van der Waals surface area contributed by atoms with E-state index in [1.54, 1.807) is 0 Å². The second-order valence-corrected chi connectivity index (χ2v) is 8.28. The average Bonchev–Trinajstić information content (AvgIpc) is 2.86. The molecule has 1 aromatic rings. The highest BCUT2D eigenvalue weighted by molar-refractivity contribution is 9.10. The van der Waals surface area contributed by atoms with E-state index in [-0.39, 0.29) is 5.91 Å². The van der Waals surface area contributed by atoms with Crippen LogP contribution in [0.15, 0.2) is 28.7 Å². The Morgan fingerprint density at radius 2 is 1.17 bits per heavy atom. The third-order valence-corrected chi connectivity index (χ3v) is 5.04. The number of ether oxygens (including phenoxy) is 7. The molecule has 0 unspecified atom stereocenters. The maximum atomic E-state index is 11.8. The van der Waals surface area contributed by atoms with E-state index in [4.69, 9.17) is 33.2 Å². The van der Waals surface area contributed by atoms with Crippen LogP contribution in [0.1, 0.15) is 26.2 Å². The second-order valence-electron chi connectivity index (χ2n) is 7.37. The summed E-state index contributed by atoms with van der Waals surface area (Å²) in [6.45, 7) is 9.59. The standard InChI is InChI=1S/C25H42BrNO8/c1-2-29-13-14-31-17-18-33-21-22-34-20-19-32-16-15-30-12-9-25(28)27-10-3-4-11-35-24-7-5-23(26)6-8-24/h5-8H,2-4,9-22H2,1H3,(H,27,28). The molecule has 0 fully saturated rings. The summed E-state index contributed by atoms with van der Waals surface area (Å²) in [6.07, 6.45) is 2.09. The topological polar surface area (TPSA) is 93.7 Å². The molecule has 0 saturated heterocycles. The molecule has 0 aliphatic heterocycles. The van der Waals surface area contributed by atoms with Gasteiger partial charge in [0.25, 0.3) is 0 Å². The lowest BCUT2D eigenvalue weighted by atomic mass is 10.3. The molecule has 1 rings (SSSR count). The van der Waals surface area contributed by atoms with Gasteiger partial charge in [-0.3, -0.25) is 4.79 Å². The van der Waals surface area contributed by atoms with Crippen molar-refractivity contribution in [1.82, 2.24) is 5.32 Å². The van der Waals surface area contributed by atoms with Gasteiger partial charge in [-0.1, -0.05) is 15.9 Å². The highest BCUT2D eigenvalue weighted by Gasteiger charge is 2.01. The van der Waals surface area contributed by atoms with E-state index in [9.17, 15) is 4.79 Å². The molecule has 0 aromatic heterocycles. The van der Waals surface area contributed by atoms with Crippen LogP contribution in [0.4, 0.5) is 0 Å². The van der Waals surface area contributed by atoms with Crippen LogP contribution in [-0.2, 0) is 33.2 Å². The van der Waals surface area contributed by atoms with Gasteiger partial charge in [0.1, 0.15) is 5.75 Å². The first kappa shape index (κ1) is 31.8. The Bertz CT molecular complexity index is 606. The van der Waals surface area contributed by atoms with Crippen LogP contribution < -0.4 is 10.1 Å². The van der Waals surface area contributed by atoms with Gasteiger partial charge in [-0.2, -0.15) is 0 Å². The molecule has 0 aliphatic carbocycles. The Morgan fingerprint density at radius 1 is 0.686 bits per heavy atom. The molecule has 0 aliphatic rings. The molecule has 9 nitrogen and oxygen atoms in total. The molecule has 0 heterocycles. The van der Waals surface area contributed by atoms with Crippen molar-refractivity contribution in [3.63, 3.8) is 0 Å². The highest BCUT2D eigenvalue weighted by atomic mass is 79.9. The molecular formula is C25H42BrNO8. The number of nitrogens with one attached hydrogen (secondary N) is 1. The maximum Gasteiger partial charge on any atom is 0.222 e. The van der Waals surface area contributed by atoms with Gasteiger partial charge >= 0.3 is 0 Å². The Balaban J connectivity index is 1.73. The first-order valence-corrected chi connectivity index (χ1v) is 13.1. The van der Waals surface area contributed by atoms with E-state index in [0.717, 1.165) is 23.1 Å². The fourth-order valence-electron chi connectivity index (χ4n) is 2.67. The van der Waals surface area contributed by atoms with Crippen molar-refractivity contribution in [3.05, 3.63) is 28.7 Å². The van der Waals surface area contributed by atoms with Crippen LogP contribution in [-0.4, -0.2) is 98.3 Å². The molecule has 202 valence electrons. The predicted molar refractivity (Wildman–Crippen MR) is 137 cm³/mol. The minimum absolute atomic E-state index is 0.00700. The number of unbranched alkanes of at least 4 members (excludes halogenated alkanes) is 1. The summed E-state index contributed by atoms with van der Waals surface area (Å²) in [5, 5.41) is 2.89. The molecule has 1 amide bonds. The predicted octanol–water partition coefficient (Wildman–Crippen LogP) is 3.23. The lowest BCUT2D eigenvalue weighted by Gasteiger charge is -2.09. The van der Waals surface area contributed by atoms with Gasteiger partial charge in [-0.15, -0.1) is 0 Å². The monoisotopic (exact) mass is 563 g/mol. The normalized spacial score (nSPS) is 11.0. The fourth-order valence-corrected chi connectivity index (χ4v) is 2.94. The van der Waals surface area contributed by atoms with Crippen LogP contribution in [0.5, 0.6) is 5.75 Å². The third kappa shape index (κ3) is 21.7. The first-order chi connectivity index (χ1) is 17.2. The van der Waals surface area contributed by atoms with Crippen molar-refractivity contribution in [3.8, 4) is 5.75 Å². The average molecular weight is 565 g/mol. The van der Waals surface area contributed by atoms with Gasteiger partial charge < -0.3 is 38.5 Å². The van der Waals surface area contributed by atoms with Gasteiger partial charge in [0.15, 0.2) is 0 Å². The van der Waals surface area contributed by atoms with Crippen LogP contribution in [0.3, 0.4) is 0 Å². The summed E-state index contributed by atoms with van der Waals surface area (Å²) < 4.78 is 38.9. The minimum Gasteiger partial charge on any atom is -0.494 e. The largest absolute Gasteiger partial charge is 0.494 e. The van der Waals surface area contributed by atoms with E-state index in [1.807, 2.05) is 31.2 Å². The van der Waals surface area contributed by atoms with Crippen LogP contribution in [0.25, 0.3) is 0 Å². The van der Waals surface area contributed by atoms with Crippen molar-refractivity contribution >= 4 is 21.8 Å². The number of benzene rings is 1. The van der Waals surface area contributed by atoms with Gasteiger partial charge in [0.05, 0.1) is 79.3 Å². The fraction of sp³-hybridized carbons (Fsp3) is 0.720. The Hall–Kier alpha value is -1.27. The van der Waals surface area contributed by atoms with E-state index in [1.165, 1.54) is 0 Å². The van der Waals surface area contributed by atoms with Crippen LogP contribution in [0.2, 0.25) is 0 Å². The number of hydrogen-bond donors (Lipinski definition) is 1. The summed E-state index contributed by atoms with van der Waals surface area (Å²) in [5.74, 6) is 0.842. The number of amides is 1. The molecule has 0 radical (unpaired) electrons. The maximum absolute atomic E-state index is 11.8. The van der Waals surface area contributed by atoms with E-state index < -0.39 is 0 Å². The zero-order chi connectivity index (χ0) is 25.2. The number of rotatable bonds is 25. The summed E-state index contributed by atoms with van der Waals surface area (Å²) in [6, 6.07) is 7.74. The van der Waals surface area contributed by atoms with Crippen LogP contribution >= 0.6 is 15.9 Å². The molecule has 10 heteroatoms. The van der Waals surface area contributed by atoms with E-state index in [0.29, 0.717) is 98.9 Å². The molecular weight excluding hydrogens is 522 g/mol. The Labute approximate surface area is 218 Å². The summed E-state index contributed by atoms with van der Waals surface area (Å²) in [5.41, 5.74) is 0. The smallest absolute Gasteiger partial charge is 0.222 e. The summed E-state index contributed by atoms with van der Waals surface area (Å²) >= 11 is 3.39. The highest BCUT2D eigenvalue weighted by Crippen LogP contribution is 2.16. The van der Waals surface area contributed by atoms with Crippen LogP contribution in [0, 0.1) is 0 Å². The van der Waals surface area contributed by atoms with Crippen molar-refractivity contribution in [2.24, 2.45) is 0 Å². The van der Waals surface area contributed by atoms with Crippen molar-refractivity contribution < 1.29 is 38.0 Å². The zero-order valence-corrected chi connectivity index (χ0v) is 22.6. The molecule has 0 spiro atoms. The summed E-state index contributed by atoms with van der Waals surface area (Å²) in [7, 11) is 0. The minimum atomic E-state index is -0.00700. The van der Waals surface area contributed by atoms with Crippen molar-refractivity contribution in [1.29, 1.82) is 0 Å². The van der Waals surface area contributed by atoms with E-state index in [2.05, 4.69) is 21.2 Å². The Morgan fingerprint density at radius 3 is 1.69 bits per heavy atom. The van der Waals surface area contributed by atoms with Gasteiger partial charge in [-0.05, 0) is 44.0 Å². The molecule has 0 bridgehead atoms. The van der Waals surface area contributed by atoms with Gasteiger partial charge in [0.2, 0.25) is 5.91 Å². The number of halogens is 1. The summed E-state index contributed by atoms with van der Waals surface area (Å²) in [4.78, 5) is 11.8. The number of carbonyl (C=O) groups is 1. The lowest BCUT2D eigenvalue weighted by Crippen LogP contribution is -2.26. The number of hydrogen-bond acceptors (Lipinski definition) is 8. The number of carbonyl (C=O) groups excluding carboxylic acids is 1. The van der Waals surface area contributed by atoms with Crippen molar-refractivity contribution in [2.75, 3.05) is 92.4 Å². The van der Waals surface area contributed by atoms with Gasteiger partial charge in [-0.25, -0.2) is 0 Å². The SMILES string of the molecule is CCOCCOCCOCCOCCOCCOCCC(=O)NCCCCOc1ccc(Br)cc1. The molecule has 1 aromatic carbocycles. The van der Waals surface area contributed by atoms with Gasteiger partial charge in [0, 0.05) is 24.0 Å². The van der Waals surface area contributed by atoms with Crippen molar-refractivity contribution in [2.45, 2.75) is 26.2 Å². The molecule has 1 N–H and O–H groups in total. The first-order valence-electron chi connectivity index (χ1n) is 12.3. The van der Waals surface area contributed by atoms with E-state index >= 15 is 0 Å². The lowest BCUT2D eigenvalue weighted by molar-refractivity contribution is -0.122. The molecule has 0 atom stereocenters. The molecule has 0 saturated carbocycles.